The quantitative estimate of drug-likeness (QED) is 0.782. The lowest BCUT2D eigenvalue weighted by molar-refractivity contribution is 0.234. The summed E-state index contributed by atoms with van der Waals surface area (Å²) in [5.74, 6) is 0.679. The molecule has 0 unspecified atom stereocenters. The first kappa shape index (κ1) is 15.1. The zero-order valence-corrected chi connectivity index (χ0v) is 13.0. The number of benzene rings is 1. The first-order valence-electron chi connectivity index (χ1n) is 6.33. The van der Waals surface area contributed by atoms with Crippen LogP contribution in [0.3, 0.4) is 0 Å². The van der Waals surface area contributed by atoms with Gasteiger partial charge in [-0.05, 0) is 49.9 Å². The van der Waals surface area contributed by atoms with Crippen molar-refractivity contribution in [1.82, 2.24) is 0 Å². The third kappa shape index (κ3) is 3.25. The zero-order valence-electron chi connectivity index (χ0n) is 11.4. The van der Waals surface area contributed by atoms with Gasteiger partial charge in [0.15, 0.2) is 0 Å². The monoisotopic (exact) mass is 313 g/mol. The molecule has 0 aromatic heterocycles. The maximum absolute atomic E-state index is 11.3. The summed E-state index contributed by atoms with van der Waals surface area (Å²) in [6.07, 6.45) is 2.51. The number of ether oxygens (including phenoxy) is 1. The second kappa shape index (κ2) is 5.27. The number of nitrogens with zero attached hydrogens (tertiary/aromatic N) is 1. The maximum Gasteiger partial charge on any atom is 0.261 e. The Labute approximate surface area is 123 Å². The molecule has 108 valence electrons. The summed E-state index contributed by atoms with van der Waals surface area (Å²) in [5, 5.41) is 8.79. The molecule has 0 atom stereocenters. The van der Waals surface area contributed by atoms with Crippen LogP contribution in [-0.2, 0) is 9.05 Å². The van der Waals surface area contributed by atoms with E-state index in [4.69, 9.17) is 20.7 Å². The Kier molecular flexibility index (Phi) is 3.99. The van der Waals surface area contributed by atoms with E-state index in [1.165, 1.54) is 12.1 Å². The van der Waals surface area contributed by atoms with Crippen LogP contribution in [0.2, 0.25) is 0 Å². The molecule has 0 heterocycles. The molecule has 0 spiro atoms. The van der Waals surface area contributed by atoms with E-state index in [1.807, 2.05) is 0 Å². The molecule has 0 bridgehead atoms. The Hall–Kier alpha value is -1.25. The van der Waals surface area contributed by atoms with Crippen molar-refractivity contribution in [2.24, 2.45) is 5.41 Å². The fraction of sp³-hybridized carbons (Fsp3) is 0.500. The summed E-state index contributed by atoms with van der Waals surface area (Å²) < 4.78 is 28.5. The fourth-order valence-corrected chi connectivity index (χ4v) is 3.12. The van der Waals surface area contributed by atoms with Gasteiger partial charge in [-0.2, -0.15) is 5.26 Å². The average Bonchev–Trinajstić information content (AvgIpc) is 3.07. The lowest BCUT2D eigenvalue weighted by atomic mass is 10.1. The smallest absolute Gasteiger partial charge is 0.261 e. The molecule has 6 heteroatoms. The number of halogens is 1. The van der Waals surface area contributed by atoms with E-state index >= 15 is 0 Å². The first-order chi connectivity index (χ1) is 9.27. The average molecular weight is 314 g/mol. The van der Waals surface area contributed by atoms with Gasteiger partial charge >= 0.3 is 0 Å². The minimum atomic E-state index is -3.73. The largest absolute Gasteiger partial charge is 0.492 e. The van der Waals surface area contributed by atoms with Crippen LogP contribution in [0.4, 0.5) is 0 Å². The normalized spacial score (nSPS) is 16.5. The minimum Gasteiger partial charge on any atom is -0.492 e. The zero-order chi connectivity index (χ0) is 15.0. The lowest BCUT2D eigenvalue weighted by Crippen LogP contribution is -2.13. The van der Waals surface area contributed by atoms with Crippen molar-refractivity contribution in [3.63, 3.8) is 0 Å². The van der Waals surface area contributed by atoms with Gasteiger partial charge in [0.25, 0.3) is 9.05 Å². The molecule has 1 aliphatic carbocycles. The van der Waals surface area contributed by atoms with E-state index < -0.39 is 9.05 Å². The van der Waals surface area contributed by atoms with Gasteiger partial charge in [0.05, 0.1) is 17.6 Å². The van der Waals surface area contributed by atoms with E-state index in [2.05, 4.69) is 6.07 Å². The Morgan fingerprint density at radius 1 is 1.35 bits per heavy atom. The third-order valence-electron chi connectivity index (χ3n) is 3.65. The molecule has 0 saturated heterocycles. The molecule has 0 aliphatic heterocycles. The van der Waals surface area contributed by atoms with Gasteiger partial charge in [0, 0.05) is 22.5 Å². The summed E-state index contributed by atoms with van der Waals surface area (Å²) >= 11 is 0. The van der Waals surface area contributed by atoms with E-state index in [9.17, 15) is 8.42 Å². The summed E-state index contributed by atoms with van der Waals surface area (Å²) in [6, 6.07) is 5.21. The summed E-state index contributed by atoms with van der Waals surface area (Å²) in [6.45, 7) is 4.07. The molecule has 1 aromatic rings. The van der Waals surface area contributed by atoms with Crippen LogP contribution >= 0.6 is 10.7 Å². The third-order valence-corrected chi connectivity index (χ3v) is 4.98. The molecule has 1 aromatic carbocycles. The molecule has 2 rings (SSSR count). The van der Waals surface area contributed by atoms with Gasteiger partial charge in [-0.15, -0.1) is 0 Å². The number of hydrogen-bond donors (Lipinski definition) is 0. The van der Waals surface area contributed by atoms with Crippen LogP contribution in [0.25, 0.3) is 0 Å². The minimum absolute atomic E-state index is 0.00906. The predicted octanol–water partition coefficient (Wildman–Crippen LogP) is 3.30. The second-order valence-electron chi connectivity index (χ2n) is 5.45. The van der Waals surface area contributed by atoms with Crippen LogP contribution in [0.1, 0.15) is 30.4 Å². The molecular formula is C14H16ClNO3S. The molecular weight excluding hydrogens is 298 g/mol. The molecule has 4 nitrogen and oxygen atoms in total. The molecule has 0 amide bonds. The molecule has 20 heavy (non-hydrogen) atoms. The molecule has 1 saturated carbocycles. The van der Waals surface area contributed by atoms with Gasteiger partial charge < -0.3 is 4.74 Å². The summed E-state index contributed by atoms with van der Waals surface area (Å²) in [7, 11) is 1.62. The Balaban J connectivity index is 2.20. The lowest BCUT2D eigenvalue weighted by Gasteiger charge is -2.17. The van der Waals surface area contributed by atoms with Gasteiger partial charge in [0.2, 0.25) is 0 Å². The van der Waals surface area contributed by atoms with Crippen LogP contribution in [0.5, 0.6) is 5.75 Å². The summed E-state index contributed by atoms with van der Waals surface area (Å²) in [4.78, 5) is 0.0830. The number of rotatable bonds is 5. The van der Waals surface area contributed by atoms with E-state index in [0.29, 0.717) is 18.8 Å². The molecule has 0 radical (unpaired) electrons. The van der Waals surface area contributed by atoms with Crippen LogP contribution in [0, 0.1) is 30.6 Å². The predicted molar refractivity (Wildman–Crippen MR) is 76.3 cm³/mol. The van der Waals surface area contributed by atoms with E-state index in [0.717, 1.165) is 24.0 Å². The highest BCUT2D eigenvalue weighted by Gasteiger charge is 2.43. The second-order valence-corrected chi connectivity index (χ2v) is 8.01. The Morgan fingerprint density at radius 3 is 2.30 bits per heavy atom. The first-order valence-corrected chi connectivity index (χ1v) is 8.64. The van der Waals surface area contributed by atoms with Gasteiger partial charge in [-0.1, -0.05) is 0 Å². The highest BCUT2D eigenvalue weighted by atomic mass is 35.7. The van der Waals surface area contributed by atoms with Gasteiger partial charge in [-0.3, -0.25) is 0 Å². The Bertz CT molecular complexity index is 649. The summed E-state index contributed by atoms with van der Waals surface area (Å²) in [5.41, 5.74) is 1.46. The number of aryl methyl sites for hydroxylation is 2. The van der Waals surface area contributed by atoms with Crippen molar-refractivity contribution in [3.8, 4) is 11.8 Å². The van der Waals surface area contributed by atoms with Crippen molar-refractivity contribution in [2.75, 3.05) is 6.61 Å². The Morgan fingerprint density at radius 2 is 1.90 bits per heavy atom. The van der Waals surface area contributed by atoms with Crippen molar-refractivity contribution in [1.29, 1.82) is 5.26 Å². The standard InChI is InChI=1S/C14H16ClNO3S/c1-10-7-12(20(15,17)18)8-11(2)13(10)19-9-14(3-4-14)5-6-16/h7-8H,3-5,9H2,1-2H3. The highest BCUT2D eigenvalue weighted by molar-refractivity contribution is 8.13. The van der Waals surface area contributed by atoms with Gasteiger partial charge in [-0.25, -0.2) is 8.42 Å². The fourth-order valence-electron chi connectivity index (χ4n) is 2.22. The van der Waals surface area contributed by atoms with Gasteiger partial charge in [0.1, 0.15) is 5.75 Å². The highest BCUT2D eigenvalue weighted by Crippen LogP contribution is 2.49. The van der Waals surface area contributed by atoms with Crippen LogP contribution in [-0.4, -0.2) is 15.0 Å². The SMILES string of the molecule is Cc1cc(S(=O)(=O)Cl)cc(C)c1OCC1(CC#N)CC1. The van der Waals surface area contributed by atoms with Crippen molar-refractivity contribution >= 4 is 19.7 Å². The molecule has 1 aliphatic rings. The molecule has 0 N–H and O–H groups in total. The van der Waals surface area contributed by atoms with Crippen molar-refractivity contribution in [3.05, 3.63) is 23.3 Å². The topological polar surface area (TPSA) is 67.2 Å². The van der Waals surface area contributed by atoms with Crippen molar-refractivity contribution in [2.45, 2.75) is 38.0 Å². The number of nitriles is 1. The maximum atomic E-state index is 11.3. The number of hydrogen-bond acceptors (Lipinski definition) is 4. The molecule has 1 fully saturated rings. The van der Waals surface area contributed by atoms with Crippen molar-refractivity contribution < 1.29 is 13.2 Å². The van der Waals surface area contributed by atoms with E-state index in [1.54, 1.807) is 13.8 Å². The van der Waals surface area contributed by atoms with Crippen LogP contribution < -0.4 is 4.74 Å². The van der Waals surface area contributed by atoms with Crippen LogP contribution in [0.15, 0.2) is 17.0 Å². The van der Waals surface area contributed by atoms with E-state index in [-0.39, 0.29) is 10.3 Å².